The molecule has 0 atom stereocenters. The summed E-state index contributed by atoms with van der Waals surface area (Å²) >= 11 is 0. The van der Waals surface area contributed by atoms with E-state index in [9.17, 15) is 8.78 Å². The summed E-state index contributed by atoms with van der Waals surface area (Å²) in [4.78, 5) is 0. The summed E-state index contributed by atoms with van der Waals surface area (Å²) in [5.41, 5.74) is 3.21. The molecule has 0 aliphatic rings. The Morgan fingerprint density at radius 1 is 0.850 bits per heavy atom. The zero-order valence-corrected chi connectivity index (χ0v) is 11.8. The molecule has 2 aromatic rings. The molecule has 0 aliphatic carbocycles. The molecule has 0 N–H and O–H groups in total. The monoisotopic (exact) mass is 272 g/mol. The van der Waals surface area contributed by atoms with Crippen molar-refractivity contribution in [3.8, 4) is 0 Å². The summed E-state index contributed by atoms with van der Waals surface area (Å²) in [6.07, 6.45) is 5.36. The third-order valence-corrected chi connectivity index (χ3v) is 3.30. The largest absolute Gasteiger partial charge is 0.207 e. The van der Waals surface area contributed by atoms with E-state index in [0.29, 0.717) is 12.0 Å². The van der Waals surface area contributed by atoms with Gasteiger partial charge < -0.3 is 0 Å². The summed E-state index contributed by atoms with van der Waals surface area (Å²) in [5.74, 6) is -0.959. The van der Waals surface area contributed by atoms with Crippen molar-refractivity contribution < 1.29 is 8.78 Å². The van der Waals surface area contributed by atoms with Crippen LogP contribution in [0, 0.1) is 25.5 Å². The molecule has 0 nitrogen and oxygen atoms in total. The van der Waals surface area contributed by atoms with Gasteiger partial charge in [-0.05, 0) is 49.9 Å². The van der Waals surface area contributed by atoms with Crippen LogP contribution in [0.3, 0.4) is 0 Å². The Morgan fingerprint density at radius 2 is 1.45 bits per heavy atom. The van der Waals surface area contributed by atoms with Gasteiger partial charge in [-0.15, -0.1) is 0 Å². The van der Waals surface area contributed by atoms with E-state index in [1.165, 1.54) is 30.2 Å². The highest BCUT2D eigenvalue weighted by molar-refractivity contribution is 5.27. The molecule has 0 aliphatic heterocycles. The Kier molecular flexibility index (Phi) is 4.67. The van der Waals surface area contributed by atoms with E-state index in [1.807, 2.05) is 18.2 Å². The normalized spacial score (nSPS) is 11.2. The third-order valence-electron chi connectivity index (χ3n) is 3.30. The molecule has 0 heterocycles. The summed E-state index contributed by atoms with van der Waals surface area (Å²) in [6.45, 7) is 3.51. The Hall–Kier alpha value is -1.96. The summed E-state index contributed by atoms with van der Waals surface area (Å²) in [7, 11) is 0. The van der Waals surface area contributed by atoms with E-state index in [0.717, 1.165) is 6.42 Å². The second-order valence-corrected chi connectivity index (χ2v) is 5.05. The third kappa shape index (κ3) is 3.77. The molecular formula is C18H18F2. The highest BCUT2D eigenvalue weighted by atomic mass is 19.1. The van der Waals surface area contributed by atoms with Crippen LogP contribution in [0.2, 0.25) is 0 Å². The molecule has 0 fully saturated rings. The highest BCUT2D eigenvalue weighted by Gasteiger charge is 2.05. The first-order valence-electron chi connectivity index (χ1n) is 6.71. The Labute approximate surface area is 118 Å². The number of allylic oxidation sites excluding steroid dienone is 2. The van der Waals surface area contributed by atoms with E-state index < -0.39 is 11.6 Å². The van der Waals surface area contributed by atoms with Gasteiger partial charge in [0, 0.05) is 5.56 Å². The number of aryl methyl sites for hydroxylation is 1. The van der Waals surface area contributed by atoms with Gasteiger partial charge in [-0.25, -0.2) is 8.78 Å². The van der Waals surface area contributed by atoms with Gasteiger partial charge in [-0.1, -0.05) is 42.0 Å². The van der Waals surface area contributed by atoms with E-state index in [1.54, 1.807) is 0 Å². The lowest BCUT2D eigenvalue weighted by atomic mass is 10.1. The number of rotatable bonds is 4. The quantitative estimate of drug-likeness (QED) is 0.693. The first-order chi connectivity index (χ1) is 9.56. The van der Waals surface area contributed by atoms with Crippen molar-refractivity contribution in [2.45, 2.75) is 26.7 Å². The minimum absolute atomic E-state index is 0.0810. The highest BCUT2D eigenvalue weighted by Crippen LogP contribution is 2.15. The zero-order chi connectivity index (χ0) is 14.5. The molecule has 0 aromatic heterocycles. The van der Waals surface area contributed by atoms with Gasteiger partial charge in [-0.2, -0.15) is 0 Å². The number of halogens is 2. The molecule has 104 valence electrons. The molecule has 0 saturated carbocycles. The molecule has 0 spiro atoms. The van der Waals surface area contributed by atoms with Crippen LogP contribution in [-0.2, 0) is 12.8 Å². The van der Waals surface area contributed by atoms with Crippen LogP contribution >= 0.6 is 0 Å². The number of hydrogen-bond acceptors (Lipinski definition) is 0. The second kappa shape index (κ2) is 6.47. The van der Waals surface area contributed by atoms with E-state index in [2.05, 4.69) is 25.1 Å². The van der Waals surface area contributed by atoms with E-state index in [-0.39, 0.29) is 5.56 Å². The van der Waals surface area contributed by atoms with Gasteiger partial charge in [0.1, 0.15) is 11.6 Å². The topological polar surface area (TPSA) is 0 Å². The SMILES string of the molecule is Cc1cccc(C/C=C\Cc2cc(F)c(C)c(F)c2)c1. The number of hydrogen-bond donors (Lipinski definition) is 0. The molecule has 2 aromatic carbocycles. The first kappa shape index (κ1) is 14.4. The van der Waals surface area contributed by atoms with Crippen LogP contribution < -0.4 is 0 Å². The van der Waals surface area contributed by atoms with Crippen molar-refractivity contribution >= 4 is 0 Å². The predicted octanol–water partition coefficient (Wildman–Crippen LogP) is 4.92. The average Bonchev–Trinajstić information content (AvgIpc) is 2.41. The summed E-state index contributed by atoms with van der Waals surface area (Å²) < 4.78 is 26.8. The Morgan fingerprint density at radius 3 is 2.05 bits per heavy atom. The molecule has 0 bridgehead atoms. The van der Waals surface area contributed by atoms with Crippen molar-refractivity contribution in [3.63, 3.8) is 0 Å². The van der Waals surface area contributed by atoms with Gasteiger partial charge in [-0.3, -0.25) is 0 Å². The molecule has 0 radical (unpaired) electrons. The van der Waals surface area contributed by atoms with Gasteiger partial charge in [0.2, 0.25) is 0 Å². The smallest absolute Gasteiger partial charge is 0.129 e. The molecule has 2 heteroatoms. The van der Waals surface area contributed by atoms with Crippen LogP contribution in [-0.4, -0.2) is 0 Å². The van der Waals surface area contributed by atoms with Crippen LogP contribution in [0.25, 0.3) is 0 Å². The van der Waals surface area contributed by atoms with Crippen LogP contribution in [0.4, 0.5) is 8.78 Å². The zero-order valence-electron chi connectivity index (χ0n) is 11.8. The van der Waals surface area contributed by atoms with Crippen LogP contribution in [0.1, 0.15) is 22.3 Å². The van der Waals surface area contributed by atoms with Gasteiger partial charge in [0.25, 0.3) is 0 Å². The molecule has 0 saturated heterocycles. The Bertz CT molecular complexity index is 604. The van der Waals surface area contributed by atoms with E-state index in [4.69, 9.17) is 0 Å². The minimum Gasteiger partial charge on any atom is -0.207 e. The fourth-order valence-electron chi connectivity index (χ4n) is 2.09. The summed E-state index contributed by atoms with van der Waals surface area (Å²) in [6, 6.07) is 11.1. The molecule has 0 unspecified atom stereocenters. The van der Waals surface area contributed by atoms with Crippen molar-refractivity contribution in [2.75, 3.05) is 0 Å². The molecular weight excluding hydrogens is 254 g/mol. The van der Waals surface area contributed by atoms with Crippen molar-refractivity contribution in [2.24, 2.45) is 0 Å². The summed E-state index contributed by atoms with van der Waals surface area (Å²) in [5, 5.41) is 0. The number of benzene rings is 2. The Balaban J connectivity index is 1.97. The maximum Gasteiger partial charge on any atom is 0.129 e. The van der Waals surface area contributed by atoms with Crippen molar-refractivity contribution in [1.29, 1.82) is 0 Å². The van der Waals surface area contributed by atoms with E-state index >= 15 is 0 Å². The van der Waals surface area contributed by atoms with Crippen molar-refractivity contribution in [1.82, 2.24) is 0 Å². The standard InChI is InChI=1S/C18H18F2/c1-13-6-5-9-15(10-13)7-3-4-8-16-11-17(19)14(2)18(20)12-16/h3-6,9-12H,7-8H2,1-2H3/b4-3-. The van der Waals surface area contributed by atoms with Crippen LogP contribution in [0.5, 0.6) is 0 Å². The van der Waals surface area contributed by atoms with Crippen LogP contribution in [0.15, 0.2) is 48.6 Å². The van der Waals surface area contributed by atoms with Gasteiger partial charge in [0.15, 0.2) is 0 Å². The second-order valence-electron chi connectivity index (χ2n) is 5.05. The maximum absolute atomic E-state index is 13.4. The lowest BCUT2D eigenvalue weighted by Crippen LogP contribution is -1.92. The lowest BCUT2D eigenvalue weighted by Gasteiger charge is -2.02. The molecule has 0 amide bonds. The molecule has 20 heavy (non-hydrogen) atoms. The molecule has 2 rings (SSSR count). The first-order valence-corrected chi connectivity index (χ1v) is 6.71. The predicted molar refractivity (Wildman–Crippen MR) is 78.8 cm³/mol. The van der Waals surface area contributed by atoms with Gasteiger partial charge >= 0.3 is 0 Å². The lowest BCUT2D eigenvalue weighted by molar-refractivity contribution is 0.565. The van der Waals surface area contributed by atoms with Crippen molar-refractivity contribution in [3.05, 3.63) is 82.4 Å². The maximum atomic E-state index is 13.4. The fraction of sp³-hybridized carbons (Fsp3) is 0.222. The fourth-order valence-corrected chi connectivity index (χ4v) is 2.09. The minimum atomic E-state index is -0.480. The average molecular weight is 272 g/mol. The van der Waals surface area contributed by atoms with Gasteiger partial charge in [0.05, 0.1) is 0 Å².